The van der Waals surface area contributed by atoms with Crippen molar-refractivity contribution >= 4 is 28.6 Å². The fourth-order valence-corrected chi connectivity index (χ4v) is 4.53. The molecule has 0 bridgehead atoms. The van der Waals surface area contributed by atoms with E-state index < -0.39 is 5.97 Å². The largest absolute Gasteiger partial charge is 0.497 e. The van der Waals surface area contributed by atoms with Crippen LogP contribution in [-0.2, 0) is 17.1 Å². The number of carbonyl (C=O) groups is 1. The number of aryl methyl sites for hydroxylation is 1. The van der Waals surface area contributed by atoms with E-state index in [9.17, 15) is 4.79 Å². The number of methoxy groups -OCH3 is 2. The highest BCUT2D eigenvalue weighted by atomic mass is 32.2. The summed E-state index contributed by atoms with van der Waals surface area (Å²) < 4.78 is 16.7. The molecular weight excluding hydrogens is 434 g/mol. The highest BCUT2D eigenvalue weighted by molar-refractivity contribution is 7.98. The number of fused-ring (bicyclic) bond motifs is 1. The van der Waals surface area contributed by atoms with Gasteiger partial charge in [-0.2, -0.15) is 0 Å². The summed E-state index contributed by atoms with van der Waals surface area (Å²) in [7, 11) is 3.00. The molecule has 0 atom stereocenters. The number of para-hydroxylation sites is 1. The molecule has 0 amide bonds. The molecule has 0 radical (unpaired) electrons. The highest BCUT2D eigenvalue weighted by Crippen LogP contribution is 2.37. The van der Waals surface area contributed by atoms with Crippen LogP contribution < -0.4 is 9.47 Å². The SMILES string of the molecule is COC(=O)c1c(SCc2cccc(C)c2)nc2ccccc2c1OCc1cccc(OC)c1. The maximum absolute atomic E-state index is 12.9. The highest BCUT2D eigenvalue weighted by Gasteiger charge is 2.24. The predicted molar refractivity (Wildman–Crippen MR) is 131 cm³/mol. The molecule has 3 aromatic carbocycles. The molecule has 0 aliphatic carbocycles. The van der Waals surface area contributed by atoms with E-state index in [0.717, 1.165) is 27.8 Å². The van der Waals surface area contributed by atoms with Crippen molar-refractivity contribution in [3.63, 3.8) is 0 Å². The smallest absolute Gasteiger partial charge is 0.344 e. The summed E-state index contributed by atoms with van der Waals surface area (Å²) in [5.74, 6) is 1.42. The third-order valence-electron chi connectivity index (χ3n) is 5.18. The Kier molecular flexibility index (Phi) is 7.15. The molecular formula is C27H25NO4S. The number of thioether (sulfide) groups is 1. The Balaban J connectivity index is 1.74. The van der Waals surface area contributed by atoms with Gasteiger partial charge in [-0.25, -0.2) is 9.78 Å². The average Bonchev–Trinajstić information content (AvgIpc) is 2.85. The zero-order valence-corrected chi connectivity index (χ0v) is 19.6. The number of carbonyl (C=O) groups excluding carboxylic acids is 1. The topological polar surface area (TPSA) is 57.7 Å². The Bertz CT molecular complexity index is 1290. The number of esters is 1. The van der Waals surface area contributed by atoms with Crippen LogP contribution in [0.25, 0.3) is 10.9 Å². The first-order chi connectivity index (χ1) is 16.1. The first-order valence-electron chi connectivity index (χ1n) is 10.5. The van der Waals surface area contributed by atoms with E-state index >= 15 is 0 Å². The van der Waals surface area contributed by atoms with Gasteiger partial charge in [-0.15, -0.1) is 11.8 Å². The number of pyridine rings is 1. The van der Waals surface area contributed by atoms with Gasteiger partial charge in [0.15, 0.2) is 0 Å². The van der Waals surface area contributed by atoms with E-state index in [0.29, 0.717) is 22.1 Å². The zero-order chi connectivity index (χ0) is 23.2. The lowest BCUT2D eigenvalue weighted by Gasteiger charge is -2.16. The summed E-state index contributed by atoms with van der Waals surface area (Å²) in [6, 6.07) is 23.6. The number of nitrogens with zero attached hydrogens (tertiary/aromatic N) is 1. The van der Waals surface area contributed by atoms with Crippen molar-refractivity contribution in [2.75, 3.05) is 14.2 Å². The first kappa shape index (κ1) is 22.7. The van der Waals surface area contributed by atoms with Crippen LogP contribution in [-0.4, -0.2) is 25.2 Å². The summed E-state index contributed by atoms with van der Waals surface area (Å²) in [4.78, 5) is 17.7. The van der Waals surface area contributed by atoms with Gasteiger partial charge in [0.1, 0.15) is 28.7 Å². The molecule has 168 valence electrons. The van der Waals surface area contributed by atoms with E-state index in [2.05, 4.69) is 25.1 Å². The van der Waals surface area contributed by atoms with Gasteiger partial charge in [0.05, 0.1) is 19.7 Å². The van der Waals surface area contributed by atoms with Crippen LogP contribution in [0.1, 0.15) is 27.0 Å². The fraction of sp³-hybridized carbons (Fsp3) is 0.185. The molecule has 1 heterocycles. The van der Waals surface area contributed by atoms with Gasteiger partial charge in [-0.3, -0.25) is 0 Å². The molecule has 0 saturated carbocycles. The van der Waals surface area contributed by atoms with Crippen LogP contribution in [0.15, 0.2) is 77.8 Å². The molecule has 0 fully saturated rings. The summed E-state index contributed by atoms with van der Waals surface area (Å²) in [5, 5.41) is 1.35. The van der Waals surface area contributed by atoms with Crippen LogP contribution in [0.2, 0.25) is 0 Å². The minimum absolute atomic E-state index is 0.275. The molecule has 0 unspecified atom stereocenters. The Morgan fingerprint density at radius 2 is 1.73 bits per heavy atom. The van der Waals surface area contributed by atoms with Gasteiger partial charge >= 0.3 is 5.97 Å². The third kappa shape index (κ3) is 5.29. The van der Waals surface area contributed by atoms with Crippen LogP contribution in [0.4, 0.5) is 0 Å². The van der Waals surface area contributed by atoms with Gasteiger partial charge < -0.3 is 14.2 Å². The van der Waals surface area contributed by atoms with Crippen LogP contribution in [0.5, 0.6) is 11.5 Å². The van der Waals surface area contributed by atoms with Crippen LogP contribution >= 0.6 is 11.8 Å². The van der Waals surface area contributed by atoms with Gasteiger partial charge in [0.25, 0.3) is 0 Å². The number of hydrogen-bond acceptors (Lipinski definition) is 6. The van der Waals surface area contributed by atoms with Crippen molar-refractivity contribution in [3.8, 4) is 11.5 Å². The quantitative estimate of drug-likeness (QED) is 0.231. The molecule has 33 heavy (non-hydrogen) atoms. The predicted octanol–water partition coefficient (Wildman–Crippen LogP) is 6.21. The van der Waals surface area contributed by atoms with Crippen molar-refractivity contribution in [2.45, 2.75) is 24.3 Å². The van der Waals surface area contributed by atoms with Crippen LogP contribution in [0, 0.1) is 6.92 Å². The van der Waals surface area contributed by atoms with E-state index in [4.69, 9.17) is 19.2 Å². The normalized spacial score (nSPS) is 10.8. The first-order valence-corrected chi connectivity index (χ1v) is 11.5. The number of aromatic nitrogens is 1. The maximum atomic E-state index is 12.9. The molecule has 5 nitrogen and oxygen atoms in total. The van der Waals surface area contributed by atoms with Gasteiger partial charge in [0, 0.05) is 11.1 Å². The molecule has 0 aliphatic rings. The van der Waals surface area contributed by atoms with Gasteiger partial charge in [0.2, 0.25) is 0 Å². The number of hydrogen-bond donors (Lipinski definition) is 0. The van der Waals surface area contributed by atoms with E-state index in [1.807, 2.05) is 54.6 Å². The minimum atomic E-state index is -0.472. The van der Waals surface area contributed by atoms with Crippen molar-refractivity contribution < 1.29 is 19.0 Å². The number of rotatable bonds is 8. The molecule has 0 aliphatic heterocycles. The lowest BCUT2D eigenvalue weighted by Crippen LogP contribution is -2.10. The van der Waals surface area contributed by atoms with Crippen LogP contribution in [0.3, 0.4) is 0 Å². The van der Waals surface area contributed by atoms with Gasteiger partial charge in [-0.05, 0) is 42.3 Å². The van der Waals surface area contributed by atoms with Gasteiger partial charge in [-0.1, -0.05) is 54.1 Å². The molecule has 0 spiro atoms. The summed E-state index contributed by atoms with van der Waals surface area (Å²) in [6.07, 6.45) is 0. The lowest BCUT2D eigenvalue weighted by atomic mass is 10.1. The Labute approximate surface area is 197 Å². The van der Waals surface area contributed by atoms with Crippen molar-refractivity contribution in [1.82, 2.24) is 4.98 Å². The van der Waals surface area contributed by atoms with E-state index in [1.165, 1.54) is 24.4 Å². The maximum Gasteiger partial charge on any atom is 0.344 e. The van der Waals surface area contributed by atoms with E-state index in [-0.39, 0.29) is 6.61 Å². The fourth-order valence-electron chi connectivity index (χ4n) is 3.57. The monoisotopic (exact) mass is 459 g/mol. The molecule has 1 aromatic heterocycles. The number of benzene rings is 3. The summed E-state index contributed by atoms with van der Waals surface area (Å²) in [5.41, 5.74) is 4.38. The third-order valence-corrected chi connectivity index (χ3v) is 6.22. The second-order valence-electron chi connectivity index (χ2n) is 7.55. The van der Waals surface area contributed by atoms with E-state index in [1.54, 1.807) is 7.11 Å². The Hall–Kier alpha value is -3.51. The second-order valence-corrected chi connectivity index (χ2v) is 8.51. The standard InChI is InChI=1S/C27H25NO4S/c1-18-8-6-10-20(14-18)17-33-26-24(27(29)31-3)25(22-12-4-5-13-23(22)28-26)32-16-19-9-7-11-21(15-19)30-2/h4-15H,16-17H2,1-3H3. The lowest BCUT2D eigenvalue weighted by molar-refractivity contribution is 0.0590. The zero-order valence-electron chi connectivity index (χ0n) is 18.8. The second kappa shape index (κ2) is 10.4. The molecule has 0 N–H and O–H groups in total. The van der Waals surface area contributed by atoms with Crippen molar-refractivity contribution in [1.29, 1.82) is 0 Å². The van der Waals surface area contributed by atoms with Crippen molar-refractivity contribution in [3.05, 3.63) is 95.1 Å². The summed E-state index contributed by atoms with van der Waals surface area (Å²) in [6.45, 7) is 2.34. The Morgan fingerprint density at radius 1 is 0.939 bits per heavy atom. The number of ether oxygens (including phenoxy) is 3. The molecule has 0 saturated heterocycles. The molecule has 6 heteroatoms. The molecule has 4 aromatic rings. The minimum Gasteiger partial charge on any atom is -0.497 e. The summed E-state index contributed by atoms with van der Waals surface area (Å²) >= 11 is 1.50. The Morgan fingerprint density at radius 3 is 2.52 bits per heavy atom. The van der Waals surface area contributed by atoms with Crippen molar-refractivity contribution in [2.24, 2.45) is 0 Å². The molecule has 4 rings (SSSR count). The average molecular weight is 460 g/mol.